The van der Waals surface area contributed by atoms with Gasteiger partial charge in [0.1, 0.15) is 5.82 Å². The lowest BCUT2D eigenvalue weighted by molar-refractivity contribution is 0.174. The van der Waals surface area contributed by atoms with Gasteiger partial charge in [-0.25, -0.2) is 9.78 Å². The van der Waals surface area contributed by atoms with Crippen LogP contribution in [0.4, 0.5) is 10.5 Å². The van der Waals surface area contributed by atoms with Crippen LogP contribution >= 0.6 is 0 Å². The molecule has 3 heterocycles. The second-order valence-corrected chi connectivity index (χ2v) is 6.78. The fraction of sp³-hybridized carbons (Fsp3) is 0.474. The average molecular weight is 356 g/mol. The number of carbonyl (C=O) groups is 1. The van der Waals surface area contributed by atoms with E-state index in [4.69, 9.17) is 9.47 Å². The molecule has 2 aliphatic heterocycles. The molecule has 2 amide bonds. The zero-order valence-corrected chi connectivity index (χ0v) is 15.0. The van der Waals surface area contributed by atoms with E-state index in [1.165, 1.54) is 0 Å². The van der Waals surface area contributed by atoms with Gasteiger partial charge in [-0.05, 0) is 30.9 Å². The van der Waals surface area contributed by atoms with E-state index < -0.39 is 0 Å². The average Bonchev–Trinajstić information content (AvgIpc) is 3.30. The first-order valence-corrected chi connectivity index (χ1v) is 9.18. The van der Waals surface area contributed by atoms with Crippen molar-refractivity contribution in [3.8, 4) is 11.5 Å². The smallest absolute Gasteiger partial charge is 0.321 e. The minimum atomic E-state index is -0.0563. The molecule has 7 heteroatoms. The summed E-state index contributed by atoms with van der Waals surface area (Å²) in [5.41, 5.74) is 0.729. The first kappa shape index (κ1) is 16.8. The number of piperidine rings is 1. The Morgan fingerprint density at radius 3 is 2.88 bits per heavy atom. The summed E-state index contributed by atoms with van der Waals surface area (Å²) in [6.07, 6.45) is 6.89. The topological polar surface area (TPSA) is 68.6 Å². The molecule has 4 rings (SSSR count). The molecule has 0 radical (unpaired) electrons. The van der Waals surface area contributed by atoms with Crippen LogP contribution in [-0.4, -0.2) is 40.4 Å². The van der Waals surface area contributed by atoms with E-state index in [9.17, 15) is 4.79 Å². The molecular formula is C19H24N4O3. The van der Waals surface area contributed by atoms with Gasteiger partial charge in [-0.1, -0.05) is 6.92 Å². The van der Waals surface area contributed by atoms with Crippen molar-refractivity contribution in [1.29, 1.82) is 0 Å². The highest BCUT2D eigenvalue weighted by Gasteiger charge is 2.24. The Morgan fingerprint density at radius 1 is 1.27 bits per heavy atom. The number of hydrogen-bond donors (Lipinski definition) is 1. The Labute approximate surface area is 152 Å². The van der Waals surface area contributed by atoms with Crippen LogP contribution in [0.1, 0.15) is 25.6 Å². The summed E-state index contributed by atoms with van der Waals surface area (Å²) in [5, 5.41) is 2.96. The maximum Gasteiger partial charge on any atom is 0.321 e. The summed E-state index contributed by atoms with van der Waals surface area (Å²) >= 11 is 0. The predicted molar refractivity (Wildman–Crippen MR) is 97.5 cm³/mol. The van der Waals surface area contributed by atoms with Crippen molar-refractivity contribution in [1.82, 2.24) is 14.5 Å². The molecule has 26 heavy (non-hydrogen) atoms. The first-order chi connectivity index (χ1) is 12.7. The highest BCUT2D eigenvalue weighted by atomic mass is 16.7. The molecule has 0 bridgehead atoms. The van der Waals surface area contributed by atoms with Crippen LogP contribution in [0.25, 0.3) is 0 Å². The van der Waals surface area contributed by atoms with Gasteiger partial charge in [-0.2, -0.15) is 0 Å². The van der Waals surface area contributed by atoms with Crippen LogP contribution in [0.5, 0.6) is 11.5 Å². The molecule has 0 spiro atoms. The molecule has 0 aliphatic carbocycles. The second-order valence-electron chi connectivity index (χ2n) is 6.78. The molecule has 138 valence electrons. The summed E-state index contributed by atoms with van der Waals surface area (Å²) in [6.45, 7) is 4.90. The standard InChI is InChI=1S/C19H24N4O3/c1-2-18-20-7-10-23(18)12-14-5-8-22(9-6-14)19(24)21-15-3-4-16-17(11-15)26-13-25-16/h3-4,7,10-11,14H,2,5-6,8-9,12-13H2,1H3,(H,21,24). The number of hydrogen-bond acceptors (Lipinski definition) is 4. The highest BCUT2D eigenvalue weighted by molar-refractivity contribution is 5.89. The quantitative estimate of drug-likeness (QED) is 0.914. The third kappa shape index (κ3) is 3.47. The van der Waals surface area contributed by atoms with Crippen LogP contribution in [0.3, 0.4) is 0 Å². The largest absolute Gasteiger partial charge is 0.454 e. The monoisotopic (exact) mass is 356 g/mol. The van der Waals surface area contributed by atoms with Crippen molar-refractivity contribution in [3.63, 3.8) is 0 Å². The molecule has 7 nitrogen and oxygen atoms in total. The number of nitrogens with one attached hydrogen (secondary N) is 1. The van der Waals surface area contributed by atoms with Gasteiger partial charge in [-0.3, -0.25) is 0 Å². The molecule has 0 unspecified atom stereocenters. The molecule has 0 saturated carbocycles. The van der Waals surface area contributed by atoms with Gasteiger partial charge in [0.15, 0.2) is 11.5 Å². The summed E-state index contributed by atoms with van der Waals surface area (Å²) in [6, 6.07) is 5.40. The summed E-state index contributed by atoms with van der Waals surface area (Å²) < 4.78 is 12.9. The van der Waals surface area contributed by atoms with Crippen LogP contribution in [0.2, 0.25) is 0 Å². The summed E-state index contributed by atoms with van der Waals surface area (Å²) in [5.74, 6) is 3.11. The third-order valence-corrected chi connectivity index (χ3v) is 5.10. The van der Waals surface area contributed by atoms with Gasteiger partial charge in [0.05, 0.1) is 0 Å². The number of likely N-dealkylation sites (tertiary alicyclic amines) is 1. The number of fused-ring (bicyclic) bond motifs is 1. The maximum absolute atomic E-state index is 12.5. The van der Waals surface area contributed by atoms with E-state index in [2.05, 4.69) is 28.0 Å². The van der Waals surface area contributed by atoms with Crippen molar-refractivity contribution in [3.05, 3.63) is 36.4 Å². The molecule has 1 fully saturated rings. The van der Waals surface area contributed by atoms with Crippen molar-refractivity contribution in [2.75, 3.05) is 25.2 Å². The lowest BCUT2D eigenvalue weighted by Gasteiger charge is -2.32. The van der Waals surface area contributed by atoms with E-state index in [-0.39, 0.29) is 12.8 Å². The van der Waals surface area contributed by atoms with Crippen molar-refractivity contribution < 1.29 is 14.3 Å². The third-order valence-electron chi connectivity index (χ3n) is 5.10. The number of nitrogens with zero attached hydrogens (tertiary/aromatic N) is 3. The number of carbonyl (C=O) groups excluding carboxylic acids is 1. The van der Waals surface area contributed by atoms with E-state index in [1.807, 2.05) is 23.2 Å². The van der Waals surface area contributed by atoms with Crippen molar-refractivity contribution in [2.45, 2.75) is 32.7 Å². The van der Waals surface area contributed by atoms with E-state index in [1.54, 1.807) is 6.07 Å². The Bertz CT molecular complexity index is 781. The Morgan fingerprint density at radius 2 is 2.08 bits per heavy atom. The van der Waals surface area contributed by atoms with E-state index in [0.29, 0.717) is 11.7 Å². The Balaban J connectivity index is 1.29. The summed E-state index contributed by atoms with van der Waals surface area (Å²) in [7, 11) is 0. The maximum atomic E-state index is 12.5. The Hall–Kier alpha value is -2.70. The van der Waals surface area contributed by atoms with Crippen LogP contribution < -0.4 is 14.8 Å². The molecule has 2 aliphatic rings. The number of aryl methyl sites for hydroxylation is 1. The van der Waals surface area contributed by atoms with Gasteiger partial charge < -0.3 is 24.3 Å². The minimum absolute atomic E-state index is 0.0563. The van der Waals surface area contributed by atoms with Crippen LogP contribution in [-0.2, 0) is 13.0 Å². The van der Waals surface area contributed by atoms with E-state index in [0.717, 1.165) is 56.2 Å². The van der Waals surface area contributed by atoms with Crippen LogP contribution in [0.15, 0.2) is 30.6 Å². The number of imidazole rings is 1. The Kier molecular flexibility index (Phi) is 4.69. The number of ether oxygens (including phenoxy) is 2. The molecule has 1 aromatic heterocycles. The zero-order valence-electron chi connectivity index (χ0n) is 15.0. The fourth-order valence-electron chi connectivity index (χ4n) is 3.59. The molecule has 1 N–H and O–H groups in total. The van der Waals surface area contributed by atoms with Gasteiger partial charge in [0, 0.05) is 50.2 Å². The molecular weight excluding hydrogens is 332 g/mol. The number of anilines is 1. The van der Waals surface area contributed by atoms with Gasteiger partial charge in [-0.15, -0.1) is 0 Å². The minimum Gasteiger partial charge on any atom is -0.454 e. The number of aromatic nitrogens is 2. The number of amides is 2. The van der Waals surface area contributed by atoms with Crippen molar-refractivity contribution >= 4 is 11.7 Å². The second kappa shape index (κ2) is 7.27. The van der Waals surface area contributed by atoms with Crippen LogP contribution in [0, 0.1) is 5.92 Å². The van der Waals surface area contributed by atoms with Gasteiger partial charge >= 0.3 is 6.03 Å². The number of benzene rings is 1. The first-order valence-electron chi connectivity index (χ1n) is 9.18. The van der Waals surface area contributed by atoms with E-state index >= 15 is 0 Å². The van der Waals surface area contributed by atoms with Gasteiger partial charge in [0.25, 0.3) is 0 Å². The number of rotatable bonds is 4. The molecule has 1 aromatic carbocycles. The highest BCUT2D eigenvalue weighted by Crippen LogP contribution is 2.34. The lowest BCUT2D eigenvalue weighted by Crippen LogP contribution is -2.41. The SMILES string of the molecule is CCc1nccn1CC1CCN(C(=O)Nc2ccc3c(c2)OCO3)CC1. The predicted octanol–water partition coefficient (Wildman–Crippen LogP) is 3.12. The summed E-state index contributed by atoms with van der Waals surface area (Å²) in [4.78, 5) is 18.8. The lowest BCUT2D eigenvalue weighted by atomic mass is 9.97. The number of urea groups is 1. The normalized spacial score (nSPS) is 16.7. The molecule has 2 aromatic rings. The molecule has 1 saturated heterocycles. The fourth-order valence-corrected chi connectivity index (χ4v) is 3.59. The van der Waals surface area contributed by atoms with Gasteiger partial charge in [0.2, 0.25) is 6.79 Å². The van der Waals surface area contributed by atoms with Crippen molar-refractivity contribution in [2.24, 2.45) is 5.92 Å². The zero-order chi connectivity index (χ0) is 17.9. The molecule has 0 atom stereocenters.